The minimum Gasteiger partial charge on any atom is -0.370 e. The first-order valence-electron chi connectivity index (χ1n) is 7.67. The molecule has 0 aliphatic carbocycles. The van der Waals surface area contributed by atoms with Gasteiger partial charge in [-0.2, -0.15) is 22.1 Å². The first-order valence-corrected chi connectivity index (χ1v) is 9.07. The van der Waals surface area contributed by atoms with Gasteiger partial charge in [0.05, 0.1) is 23.0 Å². The van der Waals surface area contributed by atoms with Crippen LogP contribution < -0.4 is 5.32 Å². The average molecular weight is 312 g/mol. The molecule has 4 nitrogen and oxygen atoms in total. The van der Waals surface area contributed by atoms with Crippen molar-refractivity contribution < 1.29 is 0 Å². The number of aryl methyl sites for hydroxylation is 1. The second kappa shape index (κ2) is 6.89. The molecule has 0 atom stereocenters. The summed E-state index contributed by atoms with van der Waals surface area (Å²) in [5, 5.41) is 17.3. The summed E-state index contributed by atoms with van der Waals surface area (Å²) in [6.07, 6.45) is 6.65. The Morgan fingerprint density at radius 2 is 2.14 bits per heavy atom. The van der Waals surface area contributed by atoms with E-state index in [-0.39, 0.29) is 0 Å². The van der Waals surface area contributed by atoms with E-state index in [2.05, 4.69) is 17.6 Å². The highest BCUT2D eigenvalue weighted by Gasteiger charge is 2.20. The van der Waals surface area contributed by atoms with Gasteiger partial charge in [0.15, 0.2) is 0 Å². The van der Waals surface area contributed by atoms with Gasteiger partial charge in [0.1, 0.15) is 5.82 Å². The van der Waals surface area contributed by atoms with E-state index >= 15 is 0 Å². The van der Waals surface area contributed by atoms with Crippen LogP contribution in [-0.2, 0) is 12.8 Å². The third-order valence-electron chi connectivity index (χ3n) is 4.00. The molecule has 0 bridgehead atoms. The minimum atomic E-state index is 0.678. The van der Waals surface area contributed by atoms with Crippen molar-refractivity contribution in [2.45, 2.75) is 25.7 Å². The fourth-order valence-electron chi connectivity index (χ4n) is 2.84. The van der Waals surface area contributed by atoms with Crippen LogP contribution in [-0.4, -0.2) is 28.3 Å². The Labute approximate surface area is 135 Å². The zero-order valence-corrected chi connectivity index (χ0v) is 13.6. The quantitative estimate of drug-likeness (QED) is 0.940. The molecule has 0 saturated heterocycles. The van der Waals surface area contributed by atoms with E-state index in [0.717, 1.165) is 36.6 Å². The van der Waals surface area contributed by atoms with Crippen molar-refractivity contribution in [3.63, 3.8) is 0 Å². The molecule has 1 N–H and O–H groups in total. The molecule has 0 amide bonds. The van der Waals surface area contributed by atoms with Gasteiger partial charge in [0.25, 0.3) is 0 Å². The van der Waals surface area contributed by atoms with Crippen molar-refractivity contribution >= 4 is 17.6 Å². The third-order valence-corrected chi connectivity index (χ3v) is 4.61. The lowest BCUT2D eigenvalue weighted by Gasteiger charge is -2.09. The molecule has 1 aromatic carbocycles. The summed E-state index contributed by atoms with van der Waals surface area (Å²) < 4.78 is 2.01. The topological polar surface area (TPSA) is 53.6 Å². The maximum atomic E-state index is 8.94. The first kappa shape index (κ1) is 15.0. The summed E-state index contributed by atoms with van der Waals surface area (Å²) in [5.41, 5.74) is 4.27. The van der Waals surface area contributed by atoms with Crippen LogP contribution in [0.3, 0.4) is 0 Å². The number of nitriles is 1. The minimum absolute atomic E-state index is 0.678. The fraction of sp³-hybridized carbons (Fsp3) is 0.412. The Hall–Kier alpha value is -1.93. The van der Waals surface area contributed by atoms with Crippen molar-refractivity contribution in [3.8, 4) is 11.8 Å². The molecule has 1 aliphatic heterocycles. The maximum Gasteiger partial charge on any atom is 0.133 e. The number of hydrogen-bond donors (Lipinski definition) is 1. The number of anilines is 1. The van der Waals surface area contributed by atoms with Crippen LogP contribution in [0, 0.1) is 11.3 Å². The van der Waals surface area contributed by atoms with Crippen molar-refractivity contribution in [1.82, 2.24) is 9.78 Å². The first-order chi connectivity index (χ1) is 10.8. The zero-order chi connectivity index (χ0) is 15.4. The summed E-state index contributed by atoms with van der Waals surface area (Å²) in [7, 11) is 0. The molecular weight excluding hydrogens is 292 g/mol. The molecule has 1 aliphatic rings. The van der Waals surface area contributed by atoms with Gasteiger partial charge in [-0.1, -0.05) is 0 Å². The van der Waals surface area contributed by atoms with Crippen LogP contribution in [0.2, 0.25) is 0 Å². The number of nitrogens with zero attached hydrogens (tertiary/aromatic N) is 3. The fourth-order valence-corrected chi connectivity index (χ4v) is 3.23. The molecular formula is C17H20N4S. The van der Waals surface area contributed by atoms with Crippen LogP contribution in [0.5, 0.6) is 0 Å². The Morgan fingerprint density at radius 1 is 1.32 bits per heavy atom. The van der Waals surface area contributed by atoms with E-state index in [1.807, 2.05) is 40.7 Å². The lowest BCUT2D eigenvalue weighted by molar-refractivity contribution is 0.766. The standard InChI is InChI=1S/C17H20N4S/c1-22-11-9-16-15-4-2-3-10-19-17(15)21(20-16)14-7-5-13(12-18)6-8-14/h5-8,19H,2-4,9-11H2,1H3. The van der Waals surface area contributed by atoms with Crippen LogP contribution in [0.15, 0.2) is 24.3 Å². The lowest BCUT2D eigenvalue weighted by atomic mass is 10.1. The molecule has 0 unspecified atom stereocenters. The van der Waals surface area contributed by atoms with Crippen molar-refractivity contribution in [2.24, 2.45) is 0 Å². The summed E-state index contributed by atoms with van der Waals surface area (Å²) in [4.78, 5) is 0. The lowest BCUT2D eigenvalue weighted by Crippen LogP contribution is -2.07. The molecule has 0 fully saturated rings. The summed E-state index contributed by atoms with van der Waals surface area (Å²) in [5.74, 6) is 2.23. The van der Waals surface area contributed by atoms with E-state index < -0.39 is 0 Å². The molecule has 0 spiro atoms. The highest BCUT2D eigenvalue weighted by Crippen LogP contribution is 2.28. The van der Waals surface area contributed by atoms with E-state index in [9.17, 15) is 0 Å². The summed E-state index contributed by atoms with van der Waals surface area (Å²) in [6.45, 7) is 0.997. The van der Waals surface area contributed by atoms with Gasteiger partial charge in [0.2, 0.25) is 0 Å². The second-order valence-corrected chi connectivity index (χ2v) is 6.46. The van der Waals surface area contributed by atoms with Gasteiger partial charge in [-0.15, -0.1) is 0 Å². The number of fused-ring (bicyclic) bond motifs is 1. The van der Waals surface area contributed by atoms with Gasteiger partial charge in [-0.25, -0.2) is 4.68 Å². The number of hydrogen-bond acceptors (Lipinski definition) is 4. The third kappa shape index (κ3) is 2.97. The van der Waals surface area contributed by atoms with E-state index in [1.165, 1.54) is 24.1 Å². The van der Waals surface area contributed by atoms with Crippen molar-refractivity contribution in [1.29, 1.82) is 5.26 Å². The maximum absolute atomic E-state index is 8.94. The van der Waals surface area contributed by atoms with Crippen LogP contribution >= 0.6 is 11.8 Å². The molecule has 2 aromatic rings. The zero-order valence-electron chi connectivity index (χ0n) is 12.8. The normalized spacial score (nSPS) is 13.8. The molecule has 1 aromatic heterocycles. The van der Waals surface area contributed by atoms with Crippen LogP contribution in [0.25, 0.3) is 5.69 Å². The molecule has 22 heavy (non-hydrogen) atoms. The van der Waals surface area contributed by atoms with E-state index in [4.69, 9.17) is 10.4 Å². The highest BCUT2D eigenvalue weighted by molar-refractivity contribution is 7.98. The van der Waals surface area contributed by atoms with E-state index in [1.54, 1.807) is 0 Å². The van der Waals surface area contributed by atoms with E-state index in [0.29, 0.717) is 5.56 Å². The Kier molecular flexibility index (Phi) is 4.69. The number of rotatable bonds is 4. The van der Waals surface area contributed by atoms with Gasteiger partial charge in [-0.3, -0.25) is 0 Å². The molecule has 0 saturated carbocycles. The highest BCUT2D eigenvalue weighted by atomic mass is 32.2. The molecule has 2 heterocycles. The Morgan fingerprint density at radius 3 is 2.86 bits per heavy atom. The number of benzene rings is 1. The van der Waals surface area contributed by atoms with Gasteiger partial charge < -0.3 is 5.32 Å². The van der Waals surface area contributed by atoms with Gasteiger partial charge in [0, 0.05) is 18.5 Å². The number of thioether (sulfide) groups is 1. The average Bonchev–Trinajstić information content (AvgIpc) is 2.74. The van der Waals surface area contributed by atoms with Gasteiger partial charge >= 0.3 is 0 Å². The second-order valence-electron chi connectivity index (χ2n) is 5.47. The molecule has 114 valence electrons. The summed E-state index contributed by atoms with van der Waals surface area (Å²) >= 11 is 1.86. The monoisotopic (exact) mass is 312 g/mol. The van der Waals surface area contributed by atoms with Crippen LogP contribution in [0.1, 0.15) is 29.7 Å². The van der Waals surface area contributed by atoms with Crippen molar-refractivity contribution in [2.75, 3.05) is 23.9 Å². The molecule has 0 radical (unpaired) electrons. The molecule has 3 rings (SSSR count). The summed E-state index contributed by atoms with van der Waals surface area (Å²) in [6, 6.07) is 9.80. The van der Waals surface area contributed by atoms with Gasteiger partial charge in [-0.05, 0) is 55.5 Å². The number of nitrogens with one attached hydrogen (secondary N) is 1. The molecule has 5 heteroatoms. The SMILES string of the molecule is CSCCc1nn(-c2ccc(C#N)cc2)c2c1CCCCN2. The predicted molar refractivity (Wildman–Crippen MR) is 91.8 cm³/mol. The largest absolute Gasteiger partial charge is 0.370 e. The van der Waals surface area contributed by atoms with Crippen molar-refractivity contribution in [3.05, 3.63) is 41.1 Å². The Balaban J connectivity index is 2.02. The van der Waals surface area contributed by atoms with Crippen LogP contribution in [0.4, 0.5) is 5.82 Å². The Bertz CT molecular complexity index is 682. The predicted octanol–water partition coefficient (Wildman–Crippen LogP) is 3.40. The smallest absolute Gasteiger partial charge is 0.133 e. The number of aromatic nitrogens is 2.